The van der Waals surface area contributed by atoms with Crippen molar-refractivity contribution in [3.05, 3.63) is 65.6 Å². The van der Waals surface area contributed by atoms with Crippen LogP contribution in [0.2, 0.25) is 0 Å². The highest BCUT2D eigenvalue weighted by molar-refractivity contribution is 7.91. The first-order valence-corrected chi connectivity index (χ1v) is 13.7. The molecule has 4 aromatic rings. The molecule has 9 nitrogen and oxygen atoms in total. The van der Waals surface area contributed by atoms with E-state index in [1.165, 1.54) is 12.1 Å². The lowest BCUT2D eigenvalue weighted by Gasteiger charge is -2.19. The Balaban J connectivity index is 1.46. The second kappa shape index (κ2) is 8.84. The molecule has 0 bridgehead atoms. The number of rotatable bonds is 4. The lowest BCUT2D eigenvalue weighted by molar-refractivity contribution is 0.102. The van der Waals surface area contributed by atoms with Gasteiger partial charge in [-0.1, -0.05) is 0 Å². The summed E-state index contributed by atoms with van der Waals surface area (Å²) in [7, 11) is -3.18. The van der Waals surface area contributed by atoms with Crippen molar-refractivity contribution >= 4 is 32.5 Å². The number of halogens is 1. The van der Waals surface area contributed by atoms with Gasteiger partial charge in [0.2, 0.25) is 0 Å². The molecule has 1 saturated heterocycles. The number of sulfone groups is 1. The van der Waals surface area contributed by atoms with Crippen molar-refractivity contribution in [2.75, 3.05) is 30.0 Å². The van der Waals surface area contributed by atoms with Crippen molar-refractivity contribution < 1.29 is 27.1 Å². The predicted molar refractivity (Wildman–Crippen MR) is 135 cm³/mol. The zero-order valence-corrected chi connectivity index (χ0v) is 20.7. The van der Waals surface area contributed by atoms with Crippen molar-refractivity contribution in [2.45, 2.75) is 19.4 Å². The van der Waals surface area contributed by atoms with Gasteiger partial charge in [0.25, 0.3) is 5.91 Å². The zero-order valence-electron chi connectivity index (χ0n) is 19.9. The molecule has 0 radical (unpaired) electrons. The van der Waals surface area contributed by atoms with Crippen molar-refractivity contribution in [3.8, 4) is 22.8 Å². The molecule has 0 saturated carbocycles. The van der Waals surface area contributed by atoms with Crippen LogP contribution in [0.4, 0.5) is 10.1 Å². The summed E-state index contributed by atoms with van der Waals surface area (Å²) in [5, 5.41) is 8.05. The van der Waals surface area contributed by atoms with Gasteiger partial charge in [-0.2, -0.15) is 5.10 Å². The number of fused-ring (bicyclic) bond motifs is 2. The summed E-state index contributed by atoms with van der Waals surface area (Å²) < 4.78 is 50.7. The third-order valence-electron chi connectivity index (χ3n) is 6.58. The first kappa shape index (κ1) is 23.4. The molecule has 1 fully saturated rings. The van der Waals surface area contributed by atoms with Crippen molar-refractivity contribution in [2.24, 2.45) is 0 Å². The summed E-state index contributed by atoms with van der Waals surface area (Å²) in [6.45, 7) is 2.65. The Morgan fingerprint density at radius 3 is 2.57 bits per heavy atom. The molecule has 2 aliphatic rings. The van der Waals surface area contributed by atoms with E-state index in [-0.39, 0.29) is 17.5 Å². The Hall–Kier alpha value is -3.99. The van der Waals surface area contributed by atoms with E-state index in [0.717, 1.165) is 0 Å². The Morgan fingerprint density at radius 1 is 1.08 bits per heavy atom. The highest BCUT2D eigenvalue weighted by Gasteiger charge is 2.32. The molecule has 2 aromatic carbocycles. The number of hydrogen-bond donors (Lipinski definition) is 1. The fourth-order valence-corrected chi connectivity index (χ4v) is 6.50. The van der Waals surface area contributed by atoms with Crippen molar-refractivity contribution in [1.82, 2.24) is 14.8 Å². The highest BCUT2D eigenvalue weighted by atomic mass is 32.2. The normalized spacial score (nSPS) is 18.2. The third kappa shape index (κ3) is 4.39. The van der Waals surface area contributed by atoms with Crippen LogP contribution < -0.4 is 14.8 Å². The van der Waals surface area contributed by atoms with Crippen molar-refractivity contribution in [1.29, 1.82) is 0 Å². The Kier molecular flexibility index (Phi) is 5.59. The van der Waals surface area contributed by atoms with Crippen LogP contribution in [0, 0.1) is 12.7 Å². The second-order valence-corrected chi connectivity index (χ2v) is 11.4. The molecule has 1 unspecified atom stereocenters. The lowest BCUT2D eigenvalue weighted by atomic mass is 10.0. The van der Waals surface area contributed by atoms with Crippen LogP contribution in [0.1, 0.15) is 28.5 Å². The minimum atomic E-state index is -3.18. The number of carbonyl (C=O) groups is 1. The average Bonchev–Trinajstić information content (AvgIpc) is 3.42. The van der Waals surface area contributed by atoms with E-state index < -0.39 is 21.6 Å². The summed E-state index contributed by atoms with van der Waals surface area (Å²) in [5.74, 6) is 0.408. The van der Waals surface area contributed by atoms with Crippen LogP contribution >= 0.6 is 0 Å². The van der Waals surface area contributed by atoms with Gasteiger partial charge >= 0.3 is 0 Å². The fraction of sp³-hybridized carbons (Fsp3) is 0.269. The number of pyridine rings is 1. The predicted octanol–water partition coefficient (Wildman–Crippen LogP) is 3.93. The molecule has 0 aliphatic carbocycles. The van der Waals surface area contributed by atoms with Crippen LogP contribution in [-0.2, 0) is 9.84 Å². The molecule has 11 heteroatoms. The fourth-order valence-electron chi connectivity index (χ4n) is 4.80. The Bertz CT molecular complexity index is 1650. The smallest absolute Gasteiger partial charge is 0.256 e. The largest absolute Gasteiger partial charge is 0.486 e. The van der Waals surface area contributed by atoms with Gasteiger partial charge in [0.15, 0.2) is 27.0 Å². The molecule has 4 heterocycles. The van der Waals surface area contributed by atoms with Crippen LogP contribution in [0.5, 0.6) is 11.5 Å². The summed E-state index contributed by atoms with van der Waals surface area (Å²) in [5.41, 5.74) is 2.87. The number of aryl methyl sites for hydroxylation is 1. The van der Waals surface area contributed by atoms with Crippen LogP contribution in [0.3, 0.4) is 0 Å². The average molecular weight is 523 g/mol. The third-order valence-corrected chi connectivity index (χ3v) is 8.33. The quantitative estimate of drug-likeness (QED) is 0.432. The van der Waals surface area contributed by atoms with Gasteiger partial charge in [0.05, 0.1) is 39.9 Å². The molecule has 2 aromatic heterocycles. The number of aromatic nitrogens is 3. The van der Waals surface area contributed by atoms with E-state index in [9.17, 15) is 17.6 Å². The minimum Gasteiger partial charge on any atom is -0.486 e. The van der Waals surface area contributed by atoms with E-state index in [1.54, 1.807) is 48.0 Å². The topological polar surface area (TPSA) is 112 Å². The maximum absolute atomic E-state index is 13.6. The van der Waals surface area contributed by atoms with E-state index >= 15 is 0 Å². The van der Waals surface area contributed by atoms with Gasteiger partial charge in [0.1, 0.15) is 19.0 Å². The van der Waals surface area contributed by atoms with Crippen LogP contribution in [-0.4, -0.2) is 53.8 Å². The van der Waals surface area contributed by atoms with Gasteiger partial charge in [-0.15, -0.1) is 0 Å². The second-order valence-electron chi connectivity index (χ2n) is 9.16. The number of hydrogen-bond acceptors (Lipinski definition) is 7. The molecule has 6 rings (SSSR count). The lowest BCUT2D eigenvalue weighted by Crippen LogP contribution is -2.17. The number of benzene rings is 2. The van der Waals surface area contributed by atoms with Gasteiger partial charge in [-0.05, 0) is 55.8 Å². The molecule has 2 aliphatic heterocycles. The first-order valence-electron chi connectivity index (χ1n) is 11.8. The number of ether oxygens (including phenoxy) is 2. The van der Waals surface area contributed by atoms with Gasteiger partial charge in [-0.3, -0.25) is 4.79 Å². The molecule has 190 valence electrons. The summed E-state index contributed by atoms with van der Waals surface area (Å²) >= 11 is 0. The maximum Gasteiger partial charge on any atom is 0.256 e. The number of carbonyl (C=O) groups excluding carboxylic acids is 1. The molecule has 1 N–H and O–H groups in total. The standard InChI is InChI=1S/C26H23FN4O5S/c1-15-24-20(26(32)28-18-6-7-22-23(12-18)36-10-9-35-22)13-21(16-2-4-17(27)5-3-16)29-25(24)31(30-15)19-8-11-37(33,34)14-19/h2-7,12-13,19H,8-11,14H2,1H3,(H,28,32). The number of nitrogens with zero attached hydrogens (tertiary/aromatic N) is 3. The molecule has 1 amide bonds. The molecular weight excluding hydrogens is 499 g/mol. The summed E-state index contributed by atoms with van der Waals surface area (Å²) in [4.78, 5) is 18.4. The molecule has 0 spiro atoms. The monoisotopic (exact) mass is 522 g/mol. The van der Waals surface area contributed by atoms with Crippen LogP contribution in [0.25, 0.3) is 22.3 Å². The van der Waals surface area contributed by atoms with E-state index in [1.807, 2.05) is 0 Å². The van der Waals surface area contributed by atoms with Crippen LogP contribution in [0.15, 0.2) is 48.5 Å². The Labute approximate surface area is 212 Å². The first-order chi connectivity index (χ1) is 17.8. The Morgan fingerprint density at radius 2 is 1.84 bits per heavy atom. The maximum atomic E-state index is 13.6. The molecule has 37 heavy (non-hydrogen) atoms. The zero-order chi connectivity index (χ0) is 25.7. The molecule has 1 atom stereocenters. The van der Waals surface area contributed by atoms with E-state index in [4.69, 9.17) is 14.5 Å². The minimum absolute atomic E-state index is 0.0373. The summed E-state index contributed by atoms with van der Waals surface area (Å²) in [6.07, 6.45) is 0.416. The molecular formula is C26H23FN4O5S. The van der Waals surface area contributed by atoms with Gasteiger partial charge in [0, 0.05) is 17.3 Å². The number of nitrogens with one attached hydrogen (secondary N) is 1. The van der Waals surface area contributed by atoms with Gasteiger partial charge in [-0.25, -0.2) is 22.5 Å². The van der Waals surface area contributed by atoms with E-state index in [0.29, 0.717) is 70.4 Å². The summed E-state index contributed by atoms with van der Waals surface area (Å²) in [6, 6.07) is 12.2. The number of anilines is 1. The van der Waals surface area contributed by atoms with E-state index in [2.05, 4.69) is 10.4 Å². The SMILES string of the molecule is Cc1nn(C2CCS(=O)(=O)C2)c2nc(-c3ccc(F)cc3)cc(C(=O)Nc3ccc4c(c3)OCCO4)c12. The number of amides is 1. The van der Waals surface area contributed by atoms with Gasteiger partial charge < -0.3 is 14.8 Å². The van der Waals surface area contributed by atoms with Crippen molar-refractivity contribution in [3.63, 3.8) is 0 Å². The highest BCUT2D eigenvalue weighted by Crippen LogP contribution is 2.35.